The second-order valence-electron chi connectivity index (χ2n) is 2.69. The summed E-state index contributed by atoms with van der Waals surface area (Å²) in [6.07, 6.45) is 0. The van der Waals surface area contributed by atoms with Crippen LogP contribution < -0.4 is 73.8 Å². The number of hydrogen-bond donors (Lipinski definition) is 6. The Hall–Kier alpha value is 2.76. The summed E-state index contributed by atoms with van der Waals surface area (Å²) in [6.45, 7) is 0. The van der Waals surface area contributed by atoms with Crippen LogP contribution in [0.1, 0.15) is 0 Å². The molecule has 0 saturated carbocycles. The van der Waals surface area contributed by atoms with E-state index in [9.17, 15) is 27.7 Å². The largest absolute Gasteiger partial charge is 1.00 e. The predicted molar refractivity (Wildman–Crippen MR) is 55.7 cm³/mol. The van der Waals surface area contributed by atoms with Gasteiger partial charge in [-0.3, -0.25) is 4.57 Å². The molecule has 0 bridgehead atoms. The molecule has 4 atom stereocenters. The maximum absolute atomic E-state index is 11.0. The van der Waals surface area contributed by atoms with E-state index in [0.717, 1.165) is 0 Å². The van der Waals surface area contributed by atoms with E-state index >= 15 is 0 Å². The van der Waals surface area contributed by atoms with Crippen molar-refractivity contribution in [1.29, 1.82) is 0 Å². The number of phosphoric acid groups is 5. The molecule has 6 N–H and O–H groups in total. The summed E-state index contributed by atoms with van der Waals surface area (Å²) in [6, 6.07) is 0. The normalized spacial score (nSPS) is 23.2. The maximum Gasteiger partial charge on any atom is 1.00 e. The first-order valence-electron chi connectivity index (χ1n) is 3.76. The zero-order valence-electron chi connectivity index (χ0n) is 10.0. The van der Waals surface area contributed by atoms with Crippen LogP contribution in [0.2, 0.25) is 0 Å². The second-order valence-corrected chi connectivity index (χ2v) is 10.0. The third-order valence-electron chi connectivity index (χ3n) is 0.829. The van der Waals surface area contributed by atoms with Crippen LogP contribution in [-0.4, -0.2) is 29.4 Å². The minimum Gasteiger partial charge on any atom is -0.756 e. The van der Waals surface area contributed by atoms with Crippen molar-refractivity contribution in [3.63, 3.8) is 0 Å². The molecule has 0 radical (unpaired) electrons. The van der Waals surface area contributed by atoms with Crippen molar-refractivity contribution in [2.75, 3.05) is 0 Å². The first kappa shape index (κ1) is 27.0. The van der Waals surface area contributed by atoms with E-state index in [0.29, 0.717) is 0 Å². The first-order chi connectivity index (χ1) is 8.83. The van der Waals surface area contributed by atoms with Crippen LogP contribution in [0, 0.1) is 0 Å². The Morgan fingerprint density at radius 2 is 0.864 bits per heavy atom. The number of hydrogen-bond acceptors (Lipinski definition) is 10. The average Bonchev–Trinajstić information content (AvgIpc) is 1.83. The van der Waals surface area contributed by atoms with Gasteiger partial charge in [0.2, 0.25) is 0 Å². The van der Waals surface area contributed by atoms with E-state index in [4.69, 9.17) is 29.4 Å². The van der Waals surface area contributed by atoms with Crippen LogP contribution in [0.5, 0.6) is 0 Å². The maximum atomic E-state index is 11.0. The average molecular weight is 550 g/mol. The molecule has 22 heavy (non-hydrogen) atoms. The third kappa shape index (κ3) is 15.1. The first-order valence-corrected chi connectivity index (χ1v) is 11.3. The van der Waals surface area contributed by atoms with E-state index in [1.54, 1.807) is 0 Å². The van der Waals surface area contributed by atoms with E-state index in [1.807, 2.05) is 0 Å². The van der Waals surface area contributed by atoms with Crippen molar-refractivity contribution in [1.82, 2.24) is 0 Å². The molecule has 0 aliphatic rings. The summed E-state index contributed by atoms with van der Waals surface area (Å²) < 4.78 is 65.2. The zero-order chi connectivity index (χ0) is 17.3. The molecule has 22 heteroatoms. The monoisotopic (exact) mass is 550 g/mol. The van der Waals surface area contributed by atoms with Crippen LogP contribution in [-0.2, 0) is 40.1 Å². The molecular weight excluding hydrogens is 544 g/mol. The van der Waals surface area contributed by atoms with Gasteiger partial charge in [-0.1, -0.05) is 0 Å². The molecule has 0 aromatic heterocycles. The fraction of sp³-hybridized carbons (Fsp3) is 0. The standard InChI is InChI=1S/Cs.H7O16P5/c;1-17(2,3)13-19(7,8)15-21(11,12)16-20(9,10)14-18(4,5)6/h;(H,7,8)(H,9,10)(H,11,12)(H2,1,2,3)(H2,4,5,6)/q+1;/p-1. The fourth-order valence-corrected chi connectivity index (χ4v) is 5.94. The smallest absolute Gasteiger partial charge is 0.756 e. The molecule has 128 valence electrons. The molecule has 0 heterocycles. The summed E-state index contributed by atoms with van der Waals surface area (Å²) in [5.41, 5.74) is 0. The SMILES string of the molecule is O=P([O-])(O)OP(=O)(O)OP(=O)(O)OP(=O)(O)OP(=O)(O)O.[Cs+]. The Balaban J connectivity index is 0. The van der Waals surface area contributed by atoms with E-state index < -0.39 is 39.1 Å². The molecule has 0 amide bonds. The molecular formula is H6CsO16P5. The van der Waals surface area contributed by atoms with Gasteiger partial charge in [0.25, 0.3) is 7.82 Å². The fourth-order valence-electron chi connectivity index (χ4n) is 0.570. The van der Waals surface area contributed by atoms with Gasteiger partial charge in [-0.15, -0.1) is 0 Å². The molecule has 0 saturated heterocycles. The molecule has 0 spiro atoms. The topological polar surface area (TPSA) is 267 Å². The molecule has 4 unspecified atom stereocenters. The Labute approximate surface area is 179 Å². The van der Waals surface area contributed by atoms with Gasteiger partial charge in [0.15, 0.2) is 0 Å². The van der Waals surface area contributed by atoms with E-state index in [-0.39, 0.29) is 68.9 Å². The minimum absolute atomic E-state index is 0. The van der Waals surface area contributed by atoms with Crippen LogP contribution in [0.4, 0.5) is 0 Å². The molecule has 0 aromatic rings. The summed E-state index contributed by atoms with van der Waals surface area (Å²) in [5, 5.41) is 0. The van der Waals surface area contributed by atoms with Crippen molar-refractivity contribution < 1.29 is 143 Å². The van der Waals surface area contributed by atoms with Crippen LogP contribution >= 0.6 is 39.1 Å². The van der Waals surface area contributed by atoms with Gasteiger partial charge in [0.1, 0.15) is 0 Å². The number of rotatable bonds is 8. The Kier molecular flexibility index (Phi) is 11.2. The van der Waals surface area contributed by atoms with Crippen LogP contribution in [0.25, 0.3) is 0 Å². The molecule has 0 aliphatic heterocycles. The van der Waals surface area contributed by atoms with E-state index in [2.05, 4.69) is 17.2 Å². The Bertz CT molecular complexity index is 552. The summed E-state index contributed by atoms with van der Waals surface area (Å²) in [4.78, 5) is 60.5. The molecule has 0 fully saturated rings. The zero-order valence-corrected chi connectivity index (χ0v) is 20.8. The molecule has 0 aromatic carbocycles. The third-order valence-corrected chi connectivity index (χ3v) is 7.46. The van der Waals surface area contributed by atoms with Gasteiger partial charge >= 0.3 is 100 Å². The van der Waals surface area contributed by atoms with Crippen molar-refractivity contribution in [3.8, 4) is 0 Å². The van der Waals surface area contributed by atoms with Crippen LogP contribution in [0.3, 0.4) is 0 Å². The van der Waals surface area contributed by atoms with Gasteiger partial charge in [0.05, 0.1) is 0 Å². The molecule has 0 aliphatic carbocycles. The molecule has 0 rings (SSSR count). The predicted octanol–water partition coefficient (Wildman–Crippen LogP) is -4.09. The Morgan fingerprint density at radius 1 is 0.591 bits per heavy atom. The Morgan fingerprint density at radius 3 is 1.14 bits per heavy atom. The van der Waals surface area contributed by atoms with Gasteiger partial charge in [-0.2, -0.15) is 12.9 Å². The summed E-state index contributed by atoms with van der Waals surface area (Å²) in [7, 11) is -29.7. The van der Waals surface area contributed by atoms with Crippen LogP contribution in [0.15, 0.2) is 0 Å². The van der Waals surface area contributed by atoms with Gasteiger partial charge in [-0.25, -0.2) is 22.6 Å². The quantitative estimate of drug-likeness (QED) is 0.157. The van der Waals surface area contributed by atoms with Gasteiger partial charge in [0, 0.05) is 0 Å². The van der Waals surface area contributed by atoms with Crippen molar-refractivity contribution in [2.24, 2.45) is 0 Å². The van der Waals surface area contributed by atoms with Crippen molar-refractivity contribution >= 4 is 39.1 Å². The van der Waals surface area contributed by atoms with Gasteiger partial charge in [-0.05, 0) is 0 Å². The van der Waals surface area contributed by atoms with Crippen molar-refractivity contribution in [3.05, 3.63) is 0 Å². The summed E-state index contributed by atoms with van der Waals surface area (Å²) >= 11 is 0. The van der Waals surface area contributed by atoms with Crippen molar-refractivity contribution in [2.45, 2.75) is 0 Å². The minimum atomic E-state index is -6.10. The van der Waals surface area contributed by atoms with Gasteiger partial charge < -0.3 is 34.3 Å². The molecule has 16 nitrogen and oxygen atoms in total. The second kappa shape index (κ2) is 9.11. The summed E-state index contributed by atoms with van der Waals surface area (Å²) in [5.74, 6) is 0. The van der Waals surface area contributed by atoms with E-state index in [1.165, 1.54) is 0 Å².